The van der Waals surface area contributed by atoms with Gasteiger partial charge in [0.1, 0.15) is 5.75 Å². The van der Waals surface area contributed by atoms with Gasteiger partial charge in [-0.2, -0.15) is 0 Å². The van der Waals surface area contributed by atoms with Crippen LogP contribution in [0.1, 0.15) is 28.7 Å². The number of hydrogen-bond donors (Lipinski definition) is 2. The molecule has 2 amide bonds. The van der Waals surface area contributed by atoms with Crippen LogP contribution < -0.4 is 15.4 Å². The van der Waals surface area contributed by atoms with Gasteiger partial charge in [0, 0.05) is 5.69 Å². The van der Waals surface area contributed by atoms with Gasteiger partial charge in [-0.25, -0.2) is 0 Å². The maximum absolute atomic E-state index is 12.8. The molecule has 2 N–H and O–H groups in total. The van der Waals surface area contributed by atoms with E-state index in [0.717, 1.165) is 23.1 Å². The molecule has 0 saturated heterocycles. The Kier molecular flexibility index (Phi) is 8.13. The van der Waals surface area contributed by atoms with Crippen LogP contribution >= 0.6 is 11.8 Å². The molecule has 0 unspecified atom stereocenters. The van der Waals surface area contributed by atoms with E-state index in [2.05, 4.69) is 20.8 Å². The summed E-state index contributed by atoms with van der Waals surface area (Å²) in [6.45, 7) is 2.48. The molecule has 0 aliphatic heterocycles. The lowest BCUT2D eigenvalue weighted by Gasteiger charge is -2.11. The molecule has 1 heterocycles. The number of hydrogen-bond acceptors (Lipinski definition) is 7. The number of aromatic nitrogens is 2. The molecule has 8 nitrogen and oxygen atoms in total. The van der Waals surface area contributed by atoms with Crippen LogP contribution in [0.5, 0.6) is 5.75 Å². The largest absolute Gasteiger partial charge is 0.494 e. The topological polar surface area (TPSA) is 106 Å². The van der Waals surface area contributed by atoms with Gasteiger partial charge in [0.05, 0.1) is 30.0 Å². The molecule has 1 aromatic heterocycles. The van der Waals surface area contributed by atoms with Gasteiger partial charge in [-0.1, -0.05) is 54.2 Å². The minimum atomic E-state index is -0.333. The average molecular weight is 489 g/mol. The standard InChI is InChI=1S/C26H24N4O4S/c1-2-33-20-14-12-19(13-15-20)27-25(32)21-10-6-7-11-22(21)28-23(31)17-35-26-30-29-24(34-26)16-18-8-4-3-5-9-18/h3-15H,2,16-17H2,1H3,(H,27,32)(H,28,31). The summed E-state index contributed by atoms with van der Waals surface area (Å²) in [5.74, 6) is 0.640. The zero-order valence-corrected chi connectivity index (χ0v) is 19.9. The first-order valence-corrected chi connectivity index (χ1v) is 12.0. The van der Waals surface area contributed by atoms with Crippen LogP contribution in [0.3, 0.4) is 0 Å². The Labute approximate surface area is 207 Å². The molecular weight excluding hydrogens is 464 g/mol. The third kappa shape index (κ3) is 6.94. The molecule has 0 radical (unpaired) electrons. The van der Waals surface area contributed by atoms with Crippen LogP contribution in [0.15, 0.2) is 88.5 Å². The van der Waals surface area contributed by atoms with Gasteiger partial charge >= 0.3 is 0 Å². The molecule has 9 heteroatoms. The highest BCUT2D eigenvalue weighted by Crippen LogP contribution is 2.22. The number of anilines is 2. The molecular formula is C26H24N4O4S. The van der Waals surface area contributed by atoms with E-state index in [4.69, 9.17) is 9.15 Å². The van der Waals surface area contributed by atoms with Crippen molar-refractivity contribution in [1.82, 2.24) is 10.2 Å². The van der Waals surface area contributed by atoms with Gasteiger partial charge in [-0.05, 0) is 48.9 Å². The number of carbonyl (C=O) groups is 2. The normalized spacial score (nSPS) is 10.5. The molecule has 3 aromatic carbocycles. The Morgan fingerprint density at radius 3 is 2.43 bits per heavy atom. The fourth-order valence-electron chi connectivity index (χ4n) is 3.24. The monoisotopic (exact) mass is 488 g/mol. The summed E-state index contributed by atoms with van der Waals surface area (Å²) in [5, 5.41) is 14.0. The van der Waals surface area contributed by atoms with E-state index in [1.165, 1.54) is 0 Å². The van der Waals surface area contributed by atoms with Crippen molar-refractivity contribution in [2.75, 3.05) is 23.0 Å². The number of rotatable bonds is 10. The number of nitrogens with zero attached hydrogens (tertiary/aromatic N) is 2. The molecule has 0 fully saturated rings. The highest BCUT2D eigenvalue weighted by Gasteiger charge is 2.15. The van der Waals surface area contributed by atoms with Crippen LogP contribution in [0, 0.1) is 0 Å². The summed E-state index contributed by atoms with van der Waals surface area (Å²) >= 11 is 1.14. The average Bonchev–Trinajstić information content (AvgIpc) is 3.32. The first-order chi connectivity index (χ1) is 17.1. The summed E-state index contributed by atoms with van der Waals surface area (Å²) in [7, 11) is 0. The fourth-order valence-corrected chi connectivity index (χ4v) is 3.82. The lowest BCUT2D eigenvalue weighted by Crippen LogP contribution is -2.19. The van der Waals surface area contributed by atoms with Gasteiger partial charge < -0.3 is 19.8 Å². The molecule has 0 aliphatic rings. The molecule has 35 heavy (non-hydrogen) atoms. The maximum Gasteiger partial charge on any atom is 0.277 e. The van der Waals surface area contributed by atoms with Gasteiger partial charge in [0.25, 0.3) is 11.1 Å². The van der Waals surface area contributed by atoms with E-state index >= 15 is 0 Å². The molecule has 0 atom stereocenters. The van der Waals surface area contributed by atoms with E-state index in [9.17, 15) is 9.59 Å². The highest BCUT2D eigenvalue weighted by molar-refractivity contribution is 7.99. The minimum Gasteiger partial charge on any atom is -0.494 e. The first-order valence-electron chi connectivity index (χ1n) is 11.0. The number of nitrogens with one attached hydrogen (secondary N) is 2. The van der Waals surface area contributed by atoms with Crippen LogP contribution in [0.2, 0.25) is 0 Å². The van der Waals surface area contributed by atoms with E-state index in [1.54, 1.807) is 48.5 Å². The second-order valence-electron chi connectivity index (χ2n) is 7.42. The van der Waals surface area contributed by atoms with Crippen molar-refractivity contribution in [2.24, 2.45) is 0 Å². The van der Waals surface area contributed by atoms with E-state index in [1.807, 2.05) is 37.3 Å². The highest BCUT2D eigenvalue weighted by atomic mass is 32.2. The van der Waals surface area contributed by atoms with E-state index in [-0.39, 0.29) is 17.6 Å². The third-order valence-corrected chi connectivity index (χ3v) is 5.66. The molecule has 4 aromatic rings. The van der Waals surface area contributed by atoms with E-state index < -0.39 is 0 Å². The Balaban J connectivity index is 1.32. The summed E-state index contributed by atoms with van der Waals surface area (Å²) in [6.07, 6.45) is 0.525. The van der Waals surface area contributed by atoms with E-state index in [0.29, 0.717) is 41.1 Å². The lowest BCUT2D eigenvalue weighted by atomic mass is 10.1. The van der Waals surface area contributed by atoms with Gasteiger partial charge in [0.2, 0.25) is 11.8 Å². The number of carbonyl (C=O) groups excluding carboxylic acids is 2. The van der Waals surface area contributed by atoms with Gasteiger partial charge in [-0.15, -0.1) is 10.2 Å². The minimum absolute atomic E-state index is 0.0574. The Bertz CT molecular complexity index is 1280. The number of thioether (sulfide) groups is 1. The number of benzene rings is 3. The third-order valence-electron chi connectivity index (χ3n) is 4.84. The summed E-state index contributed by atoms with van der Waals surface area (Å²) < 4.78 is 11.0. The fraction of sp³-hybridized carbons (Fsp3) is 0.154. The Morgan fingerprint density at radius 1 is 0.914 bits per heavy atom. The van der Waals surface area contributed by atoms with Crippen LogP contribution in [0.4, 0.5) is 11.4 Å². The van der Waals surface area contributed by atoms with Crippen molar-refractivity contribution in [3.63, 3.8) is 0 Å². The summed E-state index contributed by atoms with van der Waals surface area (Å²) in [5.41, 5.74) is 2.45. The Morgan fingerprint density at radius 2 is 1.66 bits per heavy atom. The van der Waals surface area contributed by atoms with Crippen molar-refractivity contribution in [1.29, 1.82) is 0 Å². The second-order valence-corrected chi connectivity index (χ2v) is 8.34. The van der Waals surface area contributed by atoms with Crippen molar-refractivity contribution < 1.29 is 18.7 Å². The number of ether oxygens (including phenoxy) is 1. The molecule has 0 aliphatic carbocycles. The van der Waals surface area contributed by atoms with Crippen LogP contribution in [0.25, 0.3) is 0 Å². The van der Waals surface area contributed by atoms with Crippen LogP contribution in [-0.2, 0) is 11.2 Å². The van der Waals surface area contributed by atoms with Crippen molar-refractivity contribution >= 4 is 35.0 Å². The van der Waals surface area contributed by atoms with Gasteiger partial charge in [0.15, 0.2) is 0 Å². The zero-order chi connectivity index (χ0) is 24.5. The second kappa shape index (κ2) is 11.8. The maximum atomic E-state index is 12.8. The zero-order valence-electron chi connectivity index (χ0n) is 19.1. The molecule has 0 bridgehead atoms. The SMILES string of the molecule is CCOc1ccc(NC(=O)c2ccccc2NC(=O)CSc2nnc(Cc3ccccc3)o2)cc1. The molecule has 4 rings (SSSR count). The van der Waals surface area contributed by atoms with Crippen molar-refractivity contribution in [3.05, 3.63) is 95.9 Å². The lowest BCUT2D eigenvalue weighted by molar-refractivity contribution is -0.113. The molecule has 0 spiro atoms. The quantitative estimate of drug-likeness (QED) is 0.301. The van der Waals surface area contributed by atoms with Crippen LogP contribution in [-0.4, -0.2) is 34.4 Å². The summed E-state index contributed by atoms with van der Waals surface area (Å²) in [6, 6.07) is 23.7. The molecule has 0 saturated carbocycles. The van der Waals surface area contributed by atoms with Gasteiger partial charge in [-0.3, -0.25) is 9.59 Å². The van der Waals surface area contributed by atoms with Crippen molar-refractivity contribution in [2.45, 2.75) is 18.6 Å². The predicted molar refractivity (Wildman–Crippen MR) is 135 cm³/mol. The Hall–Kier alpha value is -4.11. The first kappa shape index (κ1) is 24.0. The number of amides is 2. The van der Waals surface area contributed by atoms with Crippen molar-refractivity contribution in [3.8, 4) is 5.75 Å². The summed E-state index contributed by atoms with van der Waals surface area (Å²) in [4.78, 5) is 25.4. The molecule has 178 valence electrons. The predicted octanol–water partition coefficient (Wildman–Crippen LogP) is 5.04. The number of para-hydroxylation sites is 1. The smallest absolute Gasteiger partial charge is 0.277 e.